The summed E-state index contributed by atoms with van der Waals surface area (Å²) in [6, 6.07) is 0. The number of unbranched alkanes of at least 4 members (excludes halogenated alkanes) is 4. The maximum absolute atomic E-state index is 6.10. The standard InChI is InChI=1S/C32H62O7/c1-7-25-35-29(36-26-8-2)21-17-13-15-19-23-31(33-11-5)39-32(34-12-6)24-20-16-14-18-22-30(37-27-9-3)38-28-10-4/h19-20,23-24,29-32H,7-18,21-22,25-28H2,1-6H3. The Kier molecular flexibility index (Phi) is 29.5. The van der Waals surface area contributed by atoms with Crippen LogP contribution in [0.1, 0.15) is 119 Å². The third kappa shape index (κ3) is 24.7. The van der Waals surface area contributed by atoms with E-state index in [4.69, 9.17) is 33.2 Å². The van der Waals surface area contributed by atoms with Gasteiger partial charge in [-0.1, -0.05) is 39.8 Å². The van der Waals surface area contributed by atoms with Crippen LogP contribution in [0.15, 0.2) is 24.3 Å². The van der Waals surface area contributed by atoms with Gasteiger partial charge in [-0.05, 0) is 103 Å². The molecule has 0 radical (unpaired) electrons. The van der Waals surface area contributed by atoms with Crippen LogP contribution in [0.25, 0.3) is 0 Å². The van der Waals surface area contributed by atoms with Gasteiger partial charge in [-0.15, -0.1) is 0 Å². The van der Waals surface area contributed by atoms with Crippen LogP contribution in [-0.4, -0.2) is 64.8 Å². The SMILES string of the molecule is CCCOC(CCCCC=CC(OCC)OC(C=CCCCCC(OCCC)OCCC)OCC)OCCC. The van der Waals surface area contributed by atoms with E-state index in [1.807, 2.05) is 26.0 Å². The molecule has 0 amide bonds. The topological polar surface area (TPSA) is 64.6 Å². The van der Waals surface area contributed by atoms with Gasteiger partial charge in [-0.25, -0.2) is 0 Å². The van der Waals surface area contributed by atoms with Crippen molar-refractivity contribution in [1.82, 2.24) is 0 Å². The van der Waals surface area contributed by atoms with Crippen molar-refractivity contribution in [3.8, 4) is 0 Å². The molecular formula is C32H62O7. The fourth-order valence-electron chi connectivity index (χ4n) is 3.73. The van der Waals surface area contributed by atoms with E-state index in [1.165, 1.54) is 0 Å². The number of rotatable bonds is 30. The lowest BCUT2D eigenvalue weighted by atomic mass is 10.2. The molecule has 7 nitrogen and oxygen atoms in total. The largest absolute Gasteiger partial charge is 0.353 e. The average molecular weight is 559 g/mol. The van der Waals surface area contributed by atoms with Gasteiger partial charge in [-0.3, -0.25) is 0 Å². The van der Waals surface area contributed by atoms with Crippen LogP contribution in [0.5, 0.6) is 0 Å². The van der Waals surface area contributed by atoms with Gasteiger partial charge < -0.3 is 33.2 Å². The molecule has 0 aromatic carbocycles. The molecule has 232 valence electrons. The fourth-order valence-corrected chi connectivity index (χ4v) is 3.73. The Balaban J connectivity index is 4.47. The summed E-state index contributed by atoms with van der Waals surface area (Å²) in [4.78, 5) is 0. The zero-order chi connectivity index (χ0) is 28.8. The second-order valence-corrected chi connectivity index (χ2v) is 9.55. The summed E-state index contributed by atoms with van der Waals surface area (Å²) in [5.74, 6) is 0. The summed E-state index contributed by atoms with van der Waals surface area (Å²) in [5, 5.41) is 0. The predicted octanol–water partition coefficient (Wildman–Crippen LogP) is 8.32. The average Bonchev–Trinajstić information content (AvgIpc) is 2.94. The lowest BCUT2D eigenvalue weighted by molar-refractivity contribution is -0.204. The first kappa shape index (κ1) is 38.2. The molecule has 0 aromatic rings. The maximum atomic E-state index is 6.10. The molecule has 0 N–H and O–H groups in total. The first-order valence-electron chi connectivity index (χ1n) is 15.8. The highest BCUT2D eigenvalue weighted by atomic mass is 16.8. The molecule has 0 aliphatic rings. The predicted molar refractivity (Wildman–Crippen MR) is 160 cm³/mol. The van der Waals surface area contributed by atoms with Crippen molar-refractivity contribution in [2.24, 2.45) is 0 Å². The van der Waals surface area contributed by atoms with Crippen LogP contribution in [-0.2, 0) is 33.2 Å². The summed E-state index contributed by atoms with van der Waals surface area (Å²) in [7, 11) is 0. The van der Waals surface area contributed by atoms with Gasteiger partial charge in [0.1, 0.15) is 0 Å². The summed E-state index contributed by atoms with van der Waals surface area (Å²) < 4.78 is 41.0. The van der Waals surface area contributed by atoms with E-state index in [1.54, 1.807) is 0 Å². The zero-order valence-corrected chi connectivity index (χ0v) is 26.2. The van der Waals surface area contributed by atoms with Gasteiger partial charge in [0.25, 0.3) is 0 Å². The van der Waals surface area contributed by atoms with Gasteiger partial charge in [0.2, 0.25) is 0 Å². The van der Waals surface area contributed by atoms with E-state index in [0.717, 1.165) is 103 Å². The number of ether oxygens (including phenoxy) is 7. The number of hydrogen-bond acceptors (Lipinski definition) is 7. The van der Waals surface area contributed by atoms with E-state index in [9.17, 15) is 0 Å². The molecule has 0 aromatic heterocycles. The summed E-state index contributed by atoms with van der Waals surface area (Å²) in [5.41, 5.74) is 0. The minimum atomic E-state index is -0.433. The van der Waals surface area contributed by atoms with E-state index in [-0.39, 0.29) is 12.6 Å². The minimum Gasteiger partial charge on any atom is -0.353 e. The molecule has 0 rings (SSSR count). The summed E-state index contributed by atoms with van der Waals surface area (Å²) in [6.45, 7) is 16.6. The molecule has 0 spiro atoms. The maximum Gasteiger partial charge on any atom is 0.180 e. The van der Waals surface area contributed by atoms with Gasteiger partial charge >= 0.3 is 0 Å². The Labute approximate surface area is 240 Å². The molecule has 0 aliphatic heterocycles. The second-order valence-electron chi connectivity index (χ2n) is 9.55. The van der Waals surface area contributed by atoms with E-state index >= 15 is 0 Å². The van der Waals surface area contributed by atoms with Crippen molar-refractivity contribution >= 4 is 0 Å². The lowest BCUT2D eigenvalue weighted by Gasteiger charge is -2.20. The first-order valence-corrected chi connectivity index (χ1v) is 15.8. The fraction of sp³-hybridized carbons (Fsp3) is 0.875. The first-order chi connectivity index (χ1) is 19.1. The van der Waals surface area contributed by atoms with Crippen LogP contribution in [0.4, 0.5) is 0 Å². The van der Waals surface area contributed by atoms with Gasteiger partial charge in [-0.2, -0.15) is 0 Å². The molecular weight excluding hydrogens is 496 g/mol. The molecule has 0 bridgehead atoms. The van der Waals surface area contributed by atoms with Crippen molar-refractivity contribution in [3.63, 3.8) is 0 Å². The highest BCUT2D eigenvalue weighted by Crippen LogP contribution is 2.13. The normalized spacial score (nSPS) is 13.9. The van der Waals surface area contributed by atoms with E-state index in [0.29, 0.717) is 13.2 Å². The van der Waals surface area contributed by atoms with Gasteiger partial charge in [0, 0.05) is 39.6 Å². The Morgan fingerprint density at radius 3 is 1.13 bits per heavy atom. The van der Waals surface area contributed by atoms with E-state index < -0.39 is 12.6 Å². The van der Waals surface area contributed by atoms with Crippen LogP contribution in [0, 0.1) is 0 Å². The number of allylic oxidation sites excluding steroid dienone is 2. The molecule has 0 aliphatic carbocycles. The second kappa shape index (κ2) is 30.2. The van der Waals surface area contributed by atoms with Crippen LogP contribution < -0.4 is 0 Å². The molecule has 0 fully saturated rings. The monoisotopic (exact) mass is 558 g/mol. The highest BCUT2D eigenvalue weighted by Gasteiger charge is 2.13. The zero-order valence-electron chi connectivity index (χ0n) is 26.2. The quantitative estimate of drug-likeness (QED) is 0.0499. The molecule has 0 saturated carbocycles. The summed E-state index contributed by atoms with van der Waals surface area (Å²) >= 11 is 0. The van der Waals surface area contributed by atoms with Crippen molar-refractivity contribution in [3.05, 3.63) is 24.3 Å². The molecule has 39 heavy (non-hydrogen) atoms. The van der Waals surface area contributed by atoms with Crippen molar-refractivity contribution in [2.45, 2.75) is 144 Å². The van der Waals surface area contributed by atoms with Crippen molar-refractivity contribution in [1.29, 1.82) is 0 Å². The van der Waals surface area contributed by atoms with Crippen LogP contribution >= 0.6 is 0 Å². The van der Waals surface area contributed by atoms with Crippen molar-refractivity contribution in [2.75, 3.05) is 39.6 Å². The molecule has 0 heterocycles. The van der Waals surface area contributed by atoms with Gasteiger partial charge in [0.15, 0.2) is 25.2 Å². The van der Waals surface area contributed by atoms with Crippen molar-refractivity contribution < 1.29 is 33.2 Å². The van der Waals surface area contributed by atoms with Gasteiger partial charge in [0.05, 0.1) is 0 Å². The molecule has 2 unspecified atom stereocenters. The molecule has 0 saturated heterocycles. The smallest absolute Gasteiger partial charge is 0.180 e. The van der Waals surface area contributed by atoms with Crippen LogP contribution in [0.2, 0.25) is 0 Å². The molecule has 2 atom stereocenters. The Morgan fingerprint density at radius 1 is 0.462 bits per heavy atom. The molecule has 7 heteroatoms. The third-order valence-corrected chi connectivity index (χ3v) is 5.67. The highest BCUT2D eigenvalue weighted by molar-refractivity contribution is 4.89. The van der Waals surface area contributed by atoms with E-state index in [2.05, 4.69) is 39.8 Å². The third-order valence-electron chi connectivity index (χ3n) is 5.67. The Bertz CT molecular complexity index is 479. The minimum absolute atomic E-state index is 0.0858. The lowest BCUT2D eigenvalue weighted by Crippen LogP contribution is -2.24. The Hall–Kier alpha value is -0.800. The Morgan fingerprint density at radius 2 is 0.821 bits per heavy atom. The summed E-state index contributed by atoms with van der Waals surface area (Å²) in [6.07, 6.45) is 19.3. The number of hydrogen-bond donors (Lipinski definition) is 0. The van der Waals surface area contributed by atoms with Crippen LogP contribution in [0.3, 0.4) is 0 Å².